The summed E-state index contributed by atoms with van der Waals surface area (Å²) in [5.74, 6) is -2.28. The van der Waals surface area contributed by atoms with Crippen molar-refractivity contribution in [2.75, 3.05) is 13.6 Å². The Morgan fingerprint density at radius 3 is 2.07 bits per heavy atom. The van der Waals surface area contributed by atoms with Crippen LogP contribution in [-0.4, -0.2) is 53.2 Å². The molecule has 1 aliphatic rings. The van der Waals surface area contributed by atoms with Gasteiger partial charge in [-0.2, -0.15) is 0 Å². The number of hydrogen-bond donors (Lipinski definition) is 0. The third-order valence-corrected chi connectivity index (χ3v) is 4.46. The monoisotopic (exact) mass is 380 g/mol. The Hall–Kier alpha value is -3.48. The van der Waals surface area contributed by atoms with Crippen molar-refractivity contribution < 1.29 is 23.9 Å². The Bertz CT molecular complexity index is 890. The van der Waals surface area contributed by atoms with Gasteiger partial charge in [0.25, 0.3) is 17.7 Å². The van der Waals surface area contributed by atoms with Gasteiger partial charge in [-0.05, 0) is 24.6 Å². The molecule has 0 aromatic heterocycles. The molecule has 1 atom stereocenters. The van der Waals surface area contributed by atoms with Gasteiger partial charge in [0.15, 0.2) is 6.10 Å². The van der Waals surface area contributed by atoms with Gasteiger partial charge in [0.1, 0.15) is 6.54 Å². The first kappa shape index (κ1) is 19.3. The second kappa shape index (κ2) is 8.04. The normalized spacial score (nSPS) is 13.9. The second-order valence-electron chi connectivity index (χ2n) is 6.55. The summed E-state index contributed by atoms with van der Waals surface area (Å²) in [6, 6.07) is 15.8. The van der Waals surface area contributed by atoms with Gasteiger partial charge in [-0.15, -0.1) is 0 Å². The maximum atomic E-state index is 12.4. The molecule has 0 radical (unpaired) electrons. The Morgan fingerprint density at radius 1 is 0.964 bits per heavy atom. The van der Waals surface area contributed by atoms with Crippen molar-refractivity contribution in [1.82, 2.24) is 9.80 Å². The van der Waals surface area contributed by atoms with Gasteiger partial charge in [0.05, 0.1) is 11.1 Å². The number of benzene rings is 2. The van der Waals surface area contributed by atoms with E-state index in [1.807, 2.05) is 30.3 Å². The SMILES string of the molecule is CC(OC(=O)CN1C(=O)c2ccccc2C1=O)C(=O)N(C)Cc1ccccc1. The van der Waals surface area contributed by atoms with Crippen molar-refractivity contribution >= 4 is 23.7 Å². The molecule has 1 unspecified atom stereocenters. The third-order valence-electron chi connectivity index (χ3n) is 4.46. The molecule has 7 heteroatoms. The zero-order valence-electron chi connectivity index (χ0n) is 15.6. The van der Waals surface area contributed by atoms with Crippen molar-refractivity contribution in [3.05, 3.63) is 71.3 Å². The summed E-state index contributed by atoms with van der Waals surface area (Å²) in [7, 11) is 1.61. The Balaban J connectivity index is 1.57. The molecule has 2 aromatic rings. The molecule has 0 saturated heterocycles. The maximum absolute atomic E-state index is 12.4. The minimum absolute atomic E-state index is 0.256. The van der Waals surface area contributed by atoms with E-state index in [-0.39, 0.29) is 17.0 Å². The van der Waals surface area contributed by atoms with E-state index in [9.17, 15) is 19.2 Å². The van der Waals surface area contributed by atoms with Gasteiger partial charge in [0, 0.05) is 13.6 Å². The standard InChI is InChI=1S/C21H20N2O5/c1-14(19(25)22(2)12-15-8-4-3-5-9-15)28-18(24)13-23-20(26)16-10-6-7-11-17(16)21(23)27/h3-11,14H,12-13H2,1-2H3. The summed E-state index contributed by atoms with van der Waals surface area (Å²) in [5.41, 5.74) is 1.46. The van der Waals surface area contributed by atoms with Crippen LogP contribution in [0.4, 0.5) is 0 Å². The number of hydrogen-bond acceptors (Lipinski definition) is 5. The van der Waals surface area contributed by atoms with E-state index >= 15 is 0 Å². The first-order chi connectivity index (χ1) is 13.4. The van der Waals surface area contributed by atoms with E-state index in [2.05, 4.69) is 0 Å². The van der Waals surface area contributed by atoms with Gasteiger partial charge in [0.2, 0.25) is 0 Å². The van der Waals surface area contributed by atoms with Crippen molar-refractivity contribution in [3.63, 3.8) is 0 Å². The first-order valence-corrected chi connectivity index (χ1v) is 8.82. The van der Waals surface area contributed by atoms with E-state index < -0.39 is 30.4 Å². The van der Waals surface area contributed by atoms with Crippen LogP contribution in [0.25, 0.3) is 0 Å². The fourth-order valence-electron chi connectivity index (χ4n) is 3.04. The molecule has 1 heterocycles. The highest BCUT2D eigenvalue weighted by Gasteiger charge is 2.37. The number of likely N-dealkylation sites (N-methyl/N-ethyl adjacent to an activating group) is 1. The van der Waals surface area contributed by atoms with Crippen molar-refractivity contribution in [2.45, 2.75) is 19.6 Å². The molecule has 0 fully saturated rings. The minimum Gasteiger partial charge on any atom is -0.451 e. The number of rotatable bonds is 6. The number of fused-ring (bicyclic) bond motifs is 1. The van der Waals surface area contributed by atoms with Gasteiger partial charge < -0.3 is 9.64 Å². The van der Waals surface area contributed by atoms with Gasteiger partial charge >= 0.3 is 5.97 Å². The molecule has 0 N–H and O–H groups in total. The van der Waals surface area contributed by atoms with E-state index in [0.717, 1.165) is 10.5 Å². The van der Waals surface area contributed by atoms with E-state index in [4.69, 9.17) is 4.74 Å². The van der Waals surface area contributed by atoms with Crippen molar-refractivity contribution in [3.8, 4) is 0 Å². The van der Waals surface area contributed by atoms with Crippen LogP contribution in [0.5, 0.6) is 0 Å². The summed E-state index contributed by atoms with van der Waals surface area (Å²) < 4.78 is 5.15. The fraction of sp³-hybridized carbons (Fsp3) is 0.238. The van der Waals surface area contributed by atoms with E-state index in [1.165, 1.54) is 24.0 Å². The molecule has 1 aliphatic heterocycles. The van der Waals surface area contributed by atoms with Crippen LogP contribution in [0, 0.1) is 0 Å². The minimum atomic E-state index is -1.03. The van der Waals surface area contributed by atoms with Crippen LogP contribution in [0.2, 0.25) is 0 Å². The van der Waals surface area contributed by atoms with Crippen LogP contribution < -0.4 is 0 Å². The van der Waals surface area contributed by atoms with Crippen LogP contribution in [-0.2, 0) is 20.9 Å². The Kier molecular flexibility index (Phi) is 5.54. The third kappa shape index (κ3) is 3.93. The van der Waals surface area contributed by atoms with Crippen molar-refractivity contribution in [1.29, 1.82) is 0 Å². The average molecular weight is 380 g/mol. The fourth-order valence-corrected chi connectivity index (χ4v) is 3.04. The van der Waals surface area contributed by atoms with Gasteiger partial charge in [-0.3, -0.25) is 24.1 Å². The van der Waals surface area contributed by atoms with Crippen LogP contribution in [0.1, 0.15) is 33.2 Å². The highest BCUT2D eigenvalue weighted by Crippen LogP contribution is 2.22. The molecule has 2 aromatic carbocycles. The quantitative estimate of drug-likeness (QED) is 0.564. The first-order valence-electron chi connectivity index (χ1n) is 8.82. The highest BCUT2D eigenvalue weighted by atomic mass is 16.5. The molecule has 0 saturated carbocycles. The van der Waals surface area contributed by atoms with Gasteiger partial charge in [-0.25, -0.2) is 0 Å². The lowest BCUT2D eigenvalue weighted by Gasteiger charge is -2.22. The topological polar surface area (TPSA) is 84.0 Å². The molecular weight excluding hydrogens is 360 g/mol. The molecule has 0 spiro atoms. The van der Waals surface area contributed by atoms with Crippen LogP contribution in [0.15, 0.2) is 54.6 Å². The second-order valence-corrected chi connectivity index (χ2v) is 6.55. The Labute approximate surface area is 162 Å². The molecule has 144 valence electrons. The number of carbonyl (C=O) groups is 4. The summed E-state index contributed by atoms with van der Waals surface area (Å²) in [6.07, 6.45) is -1.03. The molecular formula is C21H20N2O5. The molecule has 3 amide bonds. The summed E-state index contributed by atoms with van der Waals surface area (Å²) in [4.78, 5) is 51.5. The van der Waals surface area contributed by atoms with E-state index in [1.54, 1.807) is 19.2 Å². The number of ether oxygens (including phenoxy) is 1. The van der Waals surface area contributed by atoms with Crippen LogP contribution >= 0.6 is 0 Å². The van der Waals surface area contributed by atoms with Crippen molar-refractivity contribution in [2.24, 2.45) is 0 Å². The zero-order valence-corrected chi connectivity index (χ0v) is 15.6. The lowest BCUT2D eigenvalue weighted by atomic mass is 10.1. The van der Waals surface area contributed by atoms with Gasteiger partial charge in [-0.1, -0.05) is 42.5 Å². The van der Waals surface area contributed by atoms with E-state index in [0.29, 0.717) is 6.54 Å². The number of imide groups is 1. The highest BCUT2D eigenvalue weighted by molar-refractivity contribution is 6.22. The summed E-state index contributed by atoms with van der Waals surface area (Å²) >= 11 is 0. The number of carbonyl (C=O) groups excluding carboxylic acids is 4. The molecule has 0 bridgehead atoms. The molecule has 0 aliphatic carbocycles. The predicted octanol–water partition coefficient (Wildman–Crippen LogP) is 1.87. The average Bonchev–Trinajstić information content (AvgIpc) is 2.93. The summed E-state index contributed by atoms with van der Waals surface area (Å²) in [5, 5.41) is 0. The number of nitrogens with zero attached hydrogens (tertiary/aromatic N) is 2. The maximum Gasteiger partial charge on any atom is 0.326 e. The molecule has 3 rings (SSSR count). The largest absolute Gasteiger partial charge is 0.451 e. The molecule has 28 heavy (non-hydrogen) atoms. The predicted molar refractivity (Wildman–Crippen MR) is 100 cm³/mol. The lowest BCUT2D eigenvalue weighted by molar-refractivity contribution is -0.158. The number of amides is 3. The Morgan fingerprint density at radius 2 is 1.50 bits per heavy atom. The summed E-state index contributed by atoms with van der Waals surface area (Å²) in [6.45, 7) is 1.30. The van der Waals surface area contributed by atoms with Crippen LogP contribution in [0.3, 0.4) is 0 Å². The number of esters is 1. The zero-order chi connectivity index (χ0) is 20.3. The lowest BCUT2D eigenvalue weighted by Crippen LogP contribution is -2.41. The molecule has 7 nitrogen and oxygen atoms in total. The smallest absolute Gasteiger partial charge is 0.326 e.